The molecule has 0 unspecified atom stereocenters. The molecular weight excluding hydrogens is 230 g/mol. The standard InChI is InChI=1S/C13H17N3O2/c1-9-6-11(2-3-12(9)16(17)18)15-5-4-10-7-14-8-13(10)15/h2-3,6,10,13-14H,4-5,7-8H2,1H3/t10-,13+/m1/s1. The first-order valence-electron chi connectivity index (χ1n) is 6.39. The molecule has 2 heterocycles. The first-order valence-corrected chi connectivity index (χ1v) is 6.39. The Labute approximate surface area is 106 Å². The van der Waals surface area contributed by atoms with Crippen molar-refractivity contribution >= 4 is 11.4 Å². The van der Waals surface area contributed by atoms with E-state index in [1.165, 1.54) is 6.42 Å². The number of rotatable bonds is 2. The van der Waals surface area contributed by atoms with Gasteiger partial charge in [0.05, 0.1) is 4.92 Å². The molecule has 0 radical (unpaired) electrons. The molecule has 2 saturated heterocycles. The molecule has 0 aliphatic carbocycles. The average Bonchev–Trinajstić information content (AvgIpc) is 2.89. The molecular formula is C13H17N3O2. The summed E-state index contributed by atoms with van der Waals surface area (Å²) in [4.78, 5) is 12.9. The summed E-state index contributed by atoms with van der Waals surface area (Å²) in [7, 11) is 0. The molecule has 0 amide bonds. The van der Waals surface area contributed by atoms with Crippen molar-refractivity contribution in [1.29, 1.82) is 0 Å². The highest BCUT2D eigenvalue weighted by Crippen LogP contribution is 2.33. The van der Waals surface area contributed by atoms with Gasteiger partial charge in [0.25, 0.3) is 5.69 Å². The van der Waals surface area contributed by atoms with Crippen molar-refractivity contribution in [1.82, 2.24) is 5.32 Å². The summed E-state index contributed by atoms with van der Waals surface area (Å²) >= 11 is 0. The van der Waals surface area contributed by atoms with E-state index in [2.05, 4.69) is 10.2 Å². The Morgan fingerprint density at radius 3 is 3.00 bits per heavy atom. The third kappa shape index (κ3) is 1.75. The number of hydrogen-bond donors (Lipinski definition) is 1. The van der Waals surface area contributed by atoms with Crippen LogP contribution in [0.4, 0.5) is 11.4 Å². The largest absolute Gasteiger partial charge is 0.367 e. The van der Waals surface area contributed by atoms with Crippen molar-refractivity contribution in [2.45, 2.75) is 19.4 Å². The van der Waals surface area contributed by atoms with E-state index in [9.17, 15) is 10.1 Å². The van der Waals surface area contributed by atoms with Crippen LogP contribution in [0.5, 0.6) is 0 Å². The first kappa shape index (κ1) is 11.5. The number of anilines is 1. The second kappa shape index (κ2) is 4.24. The van der Waals surface area contributed by atoms with E-state index in [1.54, 1.807) is 6.07 Å². The molecule has 2 atom stereocenters. The van der Waals surface area contributed by atoms with Crippen LogP contribution in [0.25, 0.3) is 0 Å². The van der Waals surface area contributed by atoms with E-state index >= 15 is 0 Å². The first-order chi connectivity index (χ1) is 8.66. The third-order valence-corrected chi connectivity index (χ3v) is 4.15. The van der Waals surface area contributed by atoms with Crippen molar-refractivity contribution in [3.63, 3.8) is 0 Å². The number of nitrogens with zero attached hydrogens (tertiary/aromatic N) is 2. The number of fused-ring (bicyclic) bond motifs is 1. The Morgan fingerprint density at radius 1 is 1.44 bits per heavy atom. The molecule has 1 aromatic carbocycles. The number of aryl methyl sites for hydroxylation is 1. The molecule has 0 bridgehead atoms. The molecule has 18 heavy (non-hydrogen) atoms. The predicted molar refractivity (Wildman–Crippen MR) is 69.9 cm³/mol. The lowest BCUT2D eigenvalue weighted by Gasteiger charge is -2.25. The summed E-state index contributed by atoms with van der Waals surface area (Å²) in [5.74, 6) is 0.737. The average molecular weight is 247 g/mol. The minimum atomic E-state index is -0.316. The number of hydrogen-bond acceptors (Lipinski definition) is 4. The third-order valence-electron chi connectivity index (χ3n) is 4.15. The zero-order valence-corrected chi connectivity index (χ0v) is 10.4. The highest BCUT2D eigenvalue weighted by molar-refractivity contribution is 5.56. The molecule has 2 aliphatic rings. The quantitative estimate of drug-likeness (QED) is 0.638. The highest BCUT2D eigenvalue weighted by Gasteiger charge is 2.37. The fourth-order valence-corrected chi connectivity index (χ4v) is 3.19. The van der Waals surface area contributed by atoms with Gasteiger partial charge in [-0.15, -0.1) is 0 Å². The van der Waals surface area contributed by atoms with E-state index in [4.69, 9.17) is 0 Å². The second-order valence-corrected chi connectivity index (χ2v) is 5.20. The van der Waals surface area contributed by atoms with Gasteiger partial charge in [-0.05, 0) is 31.4 Å². The van der Waals surface area contributed by atoms with Gasteiger partial charge in [0, 0.05) is 43.0 Å². The Hall–Kier alpha value is -1.62. The lowest BCUT2D eigenvalue weighted by molar-refractivity contribution is -0.385. The molecule has 5 nitrogen and oxygen atoms in total. The van der Waals surface area contributed by atoms with Crippen molar-refractivity contribution in [2.24, 2.45) is 5.92 Å². The Kier molecular flexibility index (Phi) is 2.70. The zero-order chi connectivity index (χ0) is 12.7. The second-order valence-electron chi connectivity index (χ2n) is 5.20. The van der Waals surface area contributed by atoms with Gasteiger partial charge in [-0.2, -0.15) is 0 Å². The van der Waals surface area contributed by atoms with Gasteiger partial charge >= 0.3 is 0 Å². The molecule has 1 aromatic rings. The molecule has 0 aromatic heterocycles. The predicted octanol–water partition coefficient (Wildman–Crippen LogP) is 1.70. The Bertz CT molecular complexity index is 489. The van der Waals surface area contributed by atoms with Gasteiger partial charge in [0.2, 0.25) is 0 Å². The van der Waals surface area contributed by atoms with Crippen LogP contribution in [-0.2, 0) is 0 Å². The maximum atomic E-state index is 10.8. The molecule has 0 spiro atoms. The normalized spacial score (nSPS) is 26.4. The van der Waals surface area contributed by atoms with E-state index in [0.717, 1.165) is 36.8 Å². The van der Waals surface area contributed by atoms with Gasteiger partial charge in [0.1, 0.15) is 0 Å². The van der Waals surface area contributed by atoms with Crippen LogP contribution in [0.2, 0.25) is 0 Å². The topological polar surface area (TPSA) is 58.4 Å². The van der Waals surface area contributed by atoms with Gasteiger partial charge in [-0.3, -0.25) is 10.1 Å². The number of nitro groups is 1. The van der Waals surface area contributed by atoms with Gasteiger partial charge in [-0.25, -0.2) is 0 Å². The Morgan fingerprint density at radius 2 is 2.28 bits per heavy atom. The van der Waals surface area contributed by atoms with Gasteiger partial charge in [0.15, 0.2) is 0 Å². The minimum Gasteiger partial charge on any atom is -0.367 e. The maximum Gasteiger partial charge on any atom is 0.272 e. The summed E-state index contributed by atoms with van der Waals surface area (Å²) in [5.41, 5.74) is 2.07. The number of benzene rings is 1. The van der Waals surface area contributed by atoms with Crippen molar-refractivity contribution in [3.05, 3.63) is 33.9 Å². The Balaban J connectivity index is 1.89. The van der Waals surface area contributed by atoms with Crippen LogP contribution >= 0.6 is 0 Å². The molecule has 0 saturated carbocycles. The van der Waals surface area contributed by atoms with E-state index in [1.807, 2.05) is 19.1 Å². The molecule has 3 rings (SSSR count). The van der Waals surface area contributed by atoms with Crippen LogP contribution in [0.15, 0.2) is 18.2 Å². The summed E-state index contributed by atoms with van der Waals surface area (Å²) in [6.07, 6.45) is 1.22. The minimum absolute atomic E-state index is 0.207. The molecule has 96 valence electrons. The summed E-state index contributed by atoms with van der Waals surface area (Å²) in [5, 5.41) is 14.2. The molecule has 2 fully saturated rings. The van der Waals surface area contributed by atoms with Crippen molar-refractivity contribution in [3.8, 4) is 0 Å². The molecule has 5 heteroatoms. The summed E-state index contributed by atoms with van der Waals surface area (Å²) in [6.45, 7) is 5.00. The summed E-state index contributed by atoms with van der Waals surface area (Å²) in [6, 6.07) is 6.01. The lowest BCUT2D eigenvalue weighted by Crippen LogP contribution is -2.34. The fraction of sp³-hybridized carbons (Fsp3) is 0.538. The molecule has 2 aliphatic heterocycles. The van der Waals surface area contributed by atoms with E-state index in [0.29, 0.717) is 6.04 Å². The SMILES string of the molecule is Cc1cc(N2CC[C@@H]3CNC[C@@H]32)ccc1[N+](=O)[O-]. The highest BCUT2D eigenvalue weighted by atomic mass is 16.6. The number of nitro benzene ring substituents is 1. The molecule has 1 N–H and O–H groups in total. The van der Waals surface area contributed by atoms with Crippen LogP contribution in [0.1, 0.15) is 12.0 Å². The van der Waals surface area contributed by atoms with Gasteiger partial charge < -0.3 is 10.2 Å². The maximum absolute atomic E-state index is 10.8. The van der Waals surface area contributed by atoms with E-state index < -0.39 is 0 Å². The van der Waals surface area contributed by atoms with Crippen LogP contribution in [0, 0.1) is 23.0 Å². The zero-order valence-electron chi connectivity index (χ0n) is 10.4. The fourth-order valence-electron chi connectivity index (χ4n) is 3.19. The summed E-state index contributed by atoms with van der Waals surface area (Å²) < 4.78 is 0. The lowest BCUT2D eigenvalue weighted by atomic mass is 10.0. The van der Waals surface area contributed by atoms with Crippen LogP contribution in [-0.4, -0.2) is 30.6 Å². The number of nitrogens with one attached hydrogen (secondary N) is 1. The van der Waals surface area contributed by atoms with Crippen molar-refractivity contribution < 1.29 is 4.92 Å². The van der Waals surface area contributed by atoms with Gasteiger partial charge in [-0.1, -0.05) is 0 Å². The smallest absolute Gasteiger partial charge is 0.272 e. The van der Waals surface area contributed by atoms with Crippen LogP contribution < -0.4 is 10.2 Å². The van der Waals surface area contributed by atoms with Crippen LogP contribution in [0.3, 0.4) is 0 Å². The monoisotopic (exact) mass is 247 g/mol. The van der Waals surface area contributed by atoms with E-state index in [-0.39, 0.29) is 10.6 Å². The van der Waals surface area contributed by atoms with Crippen molar-refractivity contribution in [2.75, 3.05) is 24.5 Å².